The van der Waals surface area contributed by atoms with E-state index >= 15 is 0 Å². The van der Waals surface area contributed by atoms with Crippen LogP contribution in [-0.4, -0.2) is 41.7 Å². The normalized spacial score (nSPS) is 21.4. The molecule has 2 atom stereocenters. The number of likely N-dealkylation sites (tertiary alicyclic amines) is 1. The number of aliphatic hydroxyl groups excluding tert-OH is 1. The van der Waals surface area contributed by atoms with Crippen LogP contribution in [0.15, 0.2) is 24.3 Å². The Morgan fingerprint density at radius 3 is 2.95 bits per heavy atom. The van der Waals surface area contributed by atoms with Crippen LogP contribution in [0.4, 0.5) is 0 Å². The van der Waals surface area contributed by atoms with Crippen molar-refractivity contribution in [3.8, 4) is 11.8 Å². The second-order valence-corrected chi connectivity index (χ2v) is 5.07. The molecule has 1 fully saturated rings. The van der Waals surface area contributed by atoms with Gasteiger partial charge in [-0.05, 0) is 24.5 Å². The Morgan fingerprint density at radius 1 is 1.50 bits per heavy atom. The molecule has 4 heteroatoms. The first kappa shape index (κ1) is 14.6. The lowest BCUT2D eigenvalue weighted by molar-refractivity contribution is 0.0648. The van der Waals surface area contributed by atoms with Crippen molar-refractivity contribution in [1.82, 2.24) is 4.90 Å². The summed E-state index contributed by atoms with van der Waals surface area (Å²) in [6, 6.07) is 7.18. The summed E-state index contributed by atoms with van der Waals surface area (Å²) < 4.78 is 0. The van der Waals surface area contributed by atoms with E-state index in [2.05, 4.69) is 18.8 Å². The molecule has 1 aromatic rings. The Kier molecular flexibility index (Phi) is 4.78. The first-order chi connectivity index (χ1) is 9.69. The molecule has 0 bridgehead atoms. The number of hydrogen-bond donors (Lipinski definition) is 2. The molecule has 3 N–H and O–H groups in total. The molecule has 2 unspecified atom stereocenters. The minimum Gasteiger partial charge on any atom is -0.394 e. The standard InChI is InChI=1S/C16H20N2O2/c1-12-8-10-18(15(12)11-19)16(20)14-7-3-2-5-13(14)6-4-9-17/h2-3,5,7,12,15,19H,8-11,17H2,1H3. The van der Waals surface area contributed by atoms with Gasteiger partial charge in [-0.1, -0.05) is 30.9 Å². The molecular formula is C16H20N2O2. The zero-order valence-corrected chi connectivity index (χ0v) is 11.7. The molecule has 1 amide bonds. The number of carbonyl (C=O) groups excluding carboxylic acids is 1. The third kappa shape index (κ3) is 2.84. The topological polar surface area (TPSA) is 66.6 Å². The van der Waals surface area contributed by atoms with E-state index in [1.54, 1.807) is 11.0 Å². The SMILES string of the molecule is CC1CCN(C(=O)c2ccccc2C#CCN)C1CO. The highest BCUT2D eigenvalue weighted by Gasteiger charge is 2.34. The van der Waals surface area contributed by atoms with Gasteiger partial charge >= 0.3 is 0 Å². The average molecular weight is 272 g/mol. The smallest absolute Gasteiger partial charge is 0.255 e. The molecule has 1 aliphatic heterocycles. The Bertz CT molecular complexity index is 545. The van der Waals surface area contributed by atoms with Gasteiger partial charge in [-0.3, -0.25) is 4.79 Å². The van der Waals surface area contributed by atoms with Gasteiger partial charge in [0.2, 0.25) is 0 Å². The van der Waals surface area contributed by atoms with E-state index in [9.17, 15) is 9.90 Å². The van der Waals surface area contributed by atoms with Gasteiger partial charge in [0.15, 0.2) is 0 Å². The minimum absolute atomic E-state index is 0.00352. The van der Waals surface area contributed by atoms with Crippen molar-refractivity contribution in [2.24, 2.45) is 11.7 Å². The Hall–Kier alpha value is -1.83. The predicted octanol–water partition coefficient (Wildman–Crippen LogP) is 0.840. The third-order valence-corrected chi connectivity index (χ3v) is 3.81. The molecule has 1 aromatic carbocycles. The molecule has 0 spiro atoms. The summed E-state index contributed by atoms with van der Waals surface area (Å²) in [5.74, 6) is 5.98. The van der Waals surface area contributed by atoms with E-state index in [4.69, 9.17) is 5.73 Å². The first-order valence-electron chi connectivity index (χ1n) is 6.88. The summed E-state index contributed by atoms with van der Waals surface area (Å²) in [4.78, 5) is 14.4. The molecule has 0 radical (unpaired) electrons. The van der Waals surface area contributed by atoms with Crippen LogP contribution in [0, 0.1) is 17.8 Å². The third-order valence-electron chi connectivity index (χ3n) is 3.81. The number of aliphatic hydroxyl groups is 1. The van der Waals surface area contributed by atoms with E-state index in [-0.39, 0.29) is 25.1 Å². The van der Waals surface area contributed by atoms with Crippen LogP contribution in [-0.2, 0) is 0 Å². The van der Waals surface area contributed by atoms with Gasteiger partial charge in [-0.15, -0.1) is 0 Å². The second-order valence-electron chi connectivity index (χ2n) is 5.07. The van der Waals surface area contributed by atoms with Gasteiger partial charge in [0, 0.05) is 12.1 Å². The van der Waals surface area contributed by atoms with Crippen molar-refractivity contribution in [3.63, 3.8) is 0 Å². The molecule has 1 saturated heterocycles. The van der Waals surface area contributed by atoms with Crippen LogP contribution < -0.4 is 5.73 Å². The summed E-state index contributed by atoms with van der Waals surface area (Å²) in [7, 11) is 0. The lowest BCUT2D eigenvalue weighted by Gasteiger charge is -2.25. The van der Waals surface area contributed by atoms with Gasteiger partial charge in [-0.2, -0.15) is 0 Å². The van der Waals surface area contributed by atoms with Crippen molar-refractivity contribution in [2.45, 2.75) is 19.4 Å². The number of nitrogens with zero attached hydrogens (tertiary/aromatic N) is 1. The summed E-state index contributed by atoms with van der Waals surface area (Å²) in [5.41, 5.74) is 6.66. The van der Waals surface area contributed by atoms with Crippen LogP contribution in [0.25, 0.3) is 0 Å². The molecule has 1 aliphatic rings. The van der Waals surface area contributed by atoms with Crippen molar-refractivity contribution in [2.75, 3.05) is 19.7 Å². The zero-order chi connectivity index (χ0) is 14.5. The summed E-state index contributed by atoms with van der Waals surface area (Å²) >= 11 is 0. The molecule has 20 heavy (non-hydrogen) atoms. The fourth-order valence-corrected chi connectivity index (χ4v) is 2.62. The monoisotopic (exact) mass is 272 g/mol. The quantitative estimate of drug-likeness (QED) is 0.784. The fourth-order valence-electron chi connectivity index (χ4n) is 2.62. The van der Waals surface area contributed by atoms with Crippen molar-refractivity contribution in [1.29, 1.82) is 0 Å². The number of benzene rings is 1. The molecular weight excluding hydrogens is 252 g/mol. The Labute approximate surface area is 119 Å². The van der Waals surface area contributed by atoms with Gasteiger partial charge in [0.1, 0.15) is 0 Å². The van der Waals surface area contributed by atoms with E-state index in [1.165, 1.54) is 0 Å². The molecule has 0 aromatic heterocycles. The number of carbonyl (C=O) groups is 1. The van der Waals surface area contributed by atoms with Crippen LogP contribution in [0.5, 0.6) is 0 Å². The molecule has 0 aliphatic carbocycles. The summed E-state index contributed by atoms with van der Waals surface area (Å²) in [6.07, 6.45) is 0.924. The molecule has 2 rings (SSSR count). The van der Waals surface area contributed by atoms with Gasteiger partial charge < -0.3 is 15.7 Å². The van der Waals surface area contributed by atoms with Crippen LogP contribution >= 0.6 is 0 Å². The largest absolute Gasteiger partial charge is 0.394 e. The maximum absolute atomic E-state index is 12.7. The Morgan fingerprint density at radius 2 is 2.25 bits per heavy atom. The number of hydrogen-bond acceptors (Lipinski definition) is 3. The van der Waals surface area contributed by atoms with E-state index in [0.717, 1.165) is 6.42 Å². The van der Waals surface area contributed by atoms with Crippen molar-refractivity contribution >= 4 is 5.91 Å². The van der Waals surface area contributed by atoms with E-state index < -0.39 is 0 Å². The second kappa shape index (κ2) is 6.56. The zero-order valence-electron chi connectivity index (χ0n) is 11.7. The highest BCUT2D eigenvalue weighted by Crippen LogP contribution is 2.26. The number of rotatable bonds is 2. The van der Waals surface area contributed by atoms with Crippen LogP contribution in [0.3, 0.4) is 0 Å². The summed E-state index contributed by atoms with van der Waals surface area (Å²) in [6.45, 7) is 3.02. The minimum atomic E-state index is -0.0991. The molecule has 1 heterocycles. The maximum Gasteiger partial charge on any atom is 0.255 e. The Balaban J connectivity index is 2.30. The van der Waals surface area contributed by atoms with E-state index in [1.807, 2.05) is 18.2 Å². The van der Waals surface area contributed by atoms with Gasteiger partial charge in [-0.25, -0.2) is 0 Å². The summed E-state index contributed by atoms with van der Waals surface area (Å²) in [5, 5.41) is 9.47. The van der Waals surface area contributed by atoms with Crippen molar-refractivity contribution < 1.29 is 9.90 Å². The number of amides is 1. The fraction of sp³-hybridized carbons (Fsp3) is 0.438. The highest BCUT2D eigenvalue weighted by atomic mass is 16.3. The lowest BCUT2D eigenvalue weighted by Crippen LogP contribution is -2.40. The highest BCUT2D eigenvalue weighted by molar-refractivity contribution is 5.97. The lowest BCUT2D eigenvalue weighted by atomic mass is 10.0. The van der Waals surface area contributed by atoms with Crippen LogP contribution in [0.1, 0.15) is 29.3 Å². The van der Waals surface area contributed by atoms with Crippen molar-refractivity contribution in [3.05, 3.63) is 35.4 Å². The first-order valence-corrected chi connectivity index (χ1v) is 6.88. The van der Waals surface area contributed by atoms with Gasteiger partial charge in [0.05, 0.1) is 24.8 Å². The molecule has 106 valence electrons. The predicted molar refractivity (Wildman–Crippen MR) is 78.1 cm³/mol. The number of nitrogens with two attached hydrogens (primary N) is 1. The molecule has 4 nitrogen and oxygen atoms in total. The molecule has 0 saturated carbocycles. The maximum atomic E-state index is 12.7. The average Bonchev–Trinajstić information content (AvgIpc) is 2.85. The van der Waals surface area contributed by atoms with Gasteiger partial charge in [0.25, 0.3) is 5.91 Å². The van der Waals surface area contributed by atoms with E-state index in [0.29, 0.717) is 23.6 Å². The van der Waals surface area contributed by atoms with Crippen LogP contribution in [0.2, 0.25) is 0 Å².